The van der Waals surface area contributed by atoms with E-state index >= 15 is 0 Å². The average molecular weight is 642 g/mol. The number of benzene rings is 8. The van der Waals surface area contributed by atoms with Gasteiger partial charge in [0.15, 0.2) is 5.58 Å². The maximum atomic E-state index is 6.66. The highest BCUT2D eigenvalue weighted by Gasteiger charge is 2.22. The molecule has 8 aromatic carbocycles. The SMILES string of the molecule is c1ccc(N(c2cccc(-c3nc4c5cccc6oc7cccc(c4o3)c7c65)c2)c2ccc3c(c2)c2ccccc2n3-c2ccccc2)cc1. The molecule has 0 saturated heterocycles. The predicted octanol–water partition coefficient (Wildman–Crippen LogP) is 12.6. The van der Waals surface area contributed by atoms with Crippen LogP contribution in [0.25, 0.3) is 82.8 Å². The second-order valence-electron chi connectivity index (χ2n) is 12.8. The third kappa shape index (κ3) is 3.86. The molecule has 0 N–H and O–H groups in total. The molecule has 234 valence electrons. The highest BCUT2D eigenvalue weighted by molar-refractivity contribution is 6.31. The van der Waals surface area contributed by atoms with E-state index in [-0.39, 0.29) is 0 Å². The number of hydrogen-bond donors (Lipinski definition) is 0. The minimum absolute atomic E-state index is 0.586. The smallest absolute Gasteiger partial charge is 0.227 e. The van der Waals surface area contributed by atoms with Gasteiger partial charge >= 0.3 is 0 Å². The third-order valence-corrected chi connectivity index (χ3v) is 9.94. The van der Waals surface area contributed by atoms with E-state index in [1.807, 2.05) is 24.3 Å². The standard InChI is InChI=1S/C45H27N3O2/c1-3-13-29(14-4-1)47(32-24-25-38-36(27-32)33-18-7-8-21-37(33)48(38)30-15-5-2-6-16-30)31-17-9-12-28(26-31)45-46-43-34-19-10-22-39-41(34)42-35(44(43)50-45)20-11-23-40(42)49-39/h1-27H. The molecule has 0 aliphatic carbocycles. The molecular formula is C45H27N3O2. The largest absolute Gasteiger partial charge is 0.456 e. The Kier molecular flexibility index (Phi) is 5.60. The average Bonchev–Trinajstić information content (AvgIpc) is 3.89. The van der Waals surface area contributed by atoms with Gasteiger partial charge in [0.25, 0.3) is 0 Å². The topological polar surface area (TPSA) is 47.3 Å². The molecule has 0 saturated carbocycles. The van der Waals surface area contributed by atoms with Gasteiger partial charge in [-0.1, -0.05) is 84.9 Å². The van der Waals surface area contributed by atoms with Gasteiger partial charge in [0, 0.05) is 60.6 Å². The Labute approximate surface area is 286 Å². The van der Waals surface area contributed by atoms with Gasteiger partial charge in [-0.25, -0.2) is 4.98 Å². The summed E-state index contributed by atoms with van der Waals surface area (Å²) >= 11 is 0. The van der Waals surface area contributed by atoms with Crippen molar-refractivity contribution in [3.05, 3.63) is 164 Å². The van der Waals surface area contributed by atoms with Gasteiger partial charge in [-0.15, -0.1) is 0 Å². The summed E-state index contributed by atoms with van der Waals surface area (Å²) in [6.45, 7) is 0. The molecule has 0 amide bonds. The van der Waals surface area contributed by atoms with E-state index in [1.165, 1.54) is 21.8 Å². The molecule has 0 atom stereocenters. The van der Waals surface area contributed by atoms with Crippen LogP contribution in [-0.2, 0) is 0 Å². The van der Waals surface area contributed by atoms with E-state index in [4.69, 9.17) is 13.8 Å². The molecule has 11 aromatic rings. The molecule has 3 heterocycles. The molecule has 5 nitrogen and oxygen atoms in total. The van der Waals surface area contributed by atoms with Gasteiger partial charge in [0.05, 0.1) is 11.0 Å². The van der Waals surface area contributed by atoms with Crippen LogP contribution in [0, 0.1) is 0 Å². The highest BCUT2D eigenvalue weighted by Crippen LogP contribution is 2.44. The van der Waals surface area contributed by atoms with E-state index in [2.05, 4.69) is 149 Å². The van der Waals surface area contributed by atoms with Crippen LogP contribution < -0.4 is 4.90 Å². The summed E-state index contributed by atoms with van der Waals surface area (Å²) < 4.78 is 15.2. The molecule has 5 heteroatoms. The highest BCUT2D eigenvalue weighted by atomic mass is 16.3. The minimum atomic E-state index is 0.586. The van der Waals surface area contributed by atoms with Crippen LogP contribution in [0.2, 0.25) is 0 Å². The van der Waals surface area contributed by atoms with Crippen molar-refractivity contribution in [2.75, 3.05) is 4.90 Å². The summed E-state index contributed by atoms with van der Waals surface area (Å²) in [6, 6.07) is 57.3. The van der Waals surface area contributed by atoms with Gasteiger partial charge in [-0.2, -0.15) is 0 Å². The molecule has 0 bridgehead atoms. The van der Waals surface area contributed by atoms with Gasteiger partial charge in [0.1, 0.15) is 16.7 Å². The van der Waals surface area contributed by atoms with Crippen LogP contribution in [0.4, 0.5) is 17.1 Å². The van der Waals surface area contributed by atoms with Crippen LogP contribution in [-0.4, -0.2) is 9.55 Å². The van der Waals surface area contributed by atoms with Crippen LogP contribution in [0.5, 0.6) is 0 Å². The molecule has 0 unspecified atom stereocenters. The maximum Gasteiger partial charge on any atom is 0.227 e. The minimum Gasteiger partial charge on any atom is -0.456 e. The second kappa shape index (κ2) is 10.3. The van der Waals surface area contributed by atoms with E-state index in [0.717, 1.165) is 72.1 Å². The fraction of sp³-hybridized carbons (Fsp3) is 0. The number of anilines is 3. The first-order chi connectivity index (χ1) is 24.8. The molecule has 50 heavy (non-hydrogen) atoms. The van der Waals surface area contributed by atoms with E-state index < -0.39 is 0 Å². The fourth-order valence-corrected chi connectivity index (χ4v) is 7.82. The number of fused-ring (bicyclic) bond motifs is 6. The van der Waals surface area contributed by atoms with Gasteiger partial charge < -0.3 is 18.3 Å². The number of furan rings is 1. The molecule has 0 fully saturated rings. The van der Waals surface area contributed by atoms with Gasteiger partial charge in [-0.05, 0) is 78.9 Å². The Morgan fingerprint density at radius 1 is 0.460 bits per heavy atom. The number of nitrogens with zero attached hydrogens (tertiary/aromatic N) is 3. The van der Waals surface area contributed by atoms with Crippen LogP contribution >= 0.6 is 0 Å². The molecule has 3 aromatic heterocycles. The van der Waals surface area contributed by atoms with Gasteiger partial charge in [-0.3, -0.25) is 0 Å². The van der Waals surface area contributed by atoms with Crippen LogP contribution in [0.3, 0.4) is 0 Å². The second-order valence-corrected chi connectivity index (χ2v) is 12.8. The van der Waals surface area contributed by atoms with Crippen LogP contribution in [0.15, 0.2) is 173 Å². The van der Waals surface area contributed by atoms with Crippen molar-refractivity contribution >= 4 is 82.7 Å². The monoisotopic (exact) mass is 641 g/mol. The molecular weight excluding hydrogens is 615 g/mol. The maximum absolute atomic E-state index is 6.66. The summed E-state index contributed by atoms with van der Waals surface area (Å²) in [7, 11) is 0. The molecule has 0 radical (unpaired) electrons. The molecule has 0 aliphatic rings. The number of para-hydroxylation sites is 3. The summed E-state index contributed by atoms with van der Waals surface area (Å²) in [5.41, 5.74) is 10.9. The predicted molar refractivity (Wildman–Crippen MR) is 204 cm³/mol. The van der Waals surface area contributed by atoms with E-state index in [9.17, 15) is 0 Å². The number of hydrogen-bond acceptors (Lipinski definition) is 4. The Balaban J connectivity index is 1.10. The van der Waals surface area contributed by atoms with Crippen molar-refractivity contribution in [2.24, 2.45) is 0 Å². The fourth-order valence-electron chi connectivity index (χ4n) is 7.82. The Morgan fingerprint density at radius 3 is 1.94 bits per heavy atom. The molecule has 0 spiro atoms. The lowest BCUT2D eigenvalue weighted by atomic mass is 10.0. The quantitative estimate of drug-likeness (QED) is 0.175. The van der Waals surface area contributed by atoms with Crippen molar-refractivity contribution in [3.63, 3.8) is 0 Å². The van der Waals surface area contributed by atoms with E-state index in [1.54, 1.807) is 0 Å². The number of oxazole rings is 1. The zero-order valence-electron chi connectivity index (χ0n) is 26.7. The molecule has 11 rings (SSSR count). The molecule has 0 aliphatic heterocycles. The van der Waals surface area contributed by atoms with Crippen molar-refractivity contribution in [1.82, 2.24) is 9.55 Å². The number of aromatic nitrogens is 2. The lowest BCUT2D eigenvalue weighted by Gasteiger charge is -2.26. The van der Waals surface area contributed by atoms with E-state index in [0.29, 0.717) is 5.89 Å². The van der Waals surface area contributed by atoms with Crippen molar-refractivity contribution in [1.29, 1.82) is 0 Å². The first kappa shape index (κ1) is 27.1. The number of rotatable bonds is 5. The van der Waals surface area contributed by atoms with Crippen molar-refractivity contribution in [3.8, 4) is 17.1 Å². The Bertz CT molecular complexity index is 2960. The zero-order valence-corrected chi connectivity index (χ0v) is 26.7. The Hall–Kier alpha value is -6.85. The van der Waals surface area contributed by atoms with Crippen LogP contribution in [0.1, 0.15) is 0 Å². The summed E-state index contributed by atoms with van der Waals surface area (Å²) in [6.07, 6.45) is 0. The third-order valence-electron chi connectivity index (χ3n) is 9.94. The first-order valence-corrected chi connectivity index (χ1v) is 16.8. The Morgan fingerprint density at radius 2 is 1.10 bits per heavy atom. The van der Waals surface area contributed by atoms with Gasteiger partial charge in [0.2, 0.25) is 5.89 Å². The lowest BCUT2D eigenvalue weighted by molar-refractivity contribution is 0.623. The summed E-state index contributed by atoms with van der Waals surface area (Å²) in [5, 5.41) is 6.64. The van der Waals surface area contributed by atoms with Crippen molar-refractivity contribution in [2.45, 2.75) is 0 Å². The normalized spacial score (nSPS) is 12.0. The van der Waals surface area contributed by atoms with Crippen molar-refractivity contribution < 1.29 is 8.83 Å². The summed E-state index contributed by atoms with van der Waals surface area (Å²) in [4.78, 5) is 7.44. The first-order valence-electron chi connectivity index (χ1n) is 16.8. The summed E-state index contributed by atoms with van der Waals surface area (Å²) in [5.74, 6) is 0.586. The lowest BCUT2D eigenvalue weighted by Crippen LogP contribution is -2.10. The zero-order chi connectivity index (χ0) is 32.8.